The summed E-state index contributed by atoms with van der Waals surface area (Å²) in [5.41, 5.74) is 3.76. The first-order valence-electron chi connectivity index (χ1n) is 9.42. The van der Waals surface area contributed by atoms with Gasteiger partial charge in [-0.1, -0.05) is 13.8 Å². The van der Waals surface area contributed by atoms with Crippen LogP contribution in [-0.4, -0.2) is 46.8 Å². The van der Waals surface area contributed by atoms with Crippen molar-refractivity contribution in [1.29, 1.82) is 0 Å². The highest BCUT2D eigenvalue weighted by molar-refractivity contribution is 5.85. The Morgan fingerprint density at radius 2 is 1.92 bits per heavy atom. The minimum Gasteiger partial charge on any atom is -0.342 e. The molecule has 3 rings (SSSR count). The highest BCUT2D eigenvalue weighted by Crippen LogP contribution is 2.37. The molecule has 0 unspecified atom stereocenters. The molecule has 3 heterocycles. The van der Waals surface area contributed by atoms with Crippen molar-refractivity contribution in [3.63, 3.8) is 0 Å². The fourth-order valence-corrected chi connectivity index (χ4v) is 4.23. The van der Waals surface area contributed by atoms with E-state index in [0.717, 1.165) is 62.5 Å². The Morgan fingerprint density at radius 1 is 1.24 bits per heavy atom. The van der Waals surface area contributed by atoms with Crippen molar-refractivity contribution in [3.8, 4) is 0 Å². The van der Waals surface area contributed by atoms with Crippen molar-refractivity contribution in [2.24, 2.45) is 11.3 Å². The summed E-state index contributed by atoms with van der Waals surface area (Å²) in [7, 11) is 0. The van der Waals surface area contributed by atoms with Crippen LogP contribution in [0.3, 0.4) is 0 Å². The molecule has 1 amide bonds. The Morgan fingerprint density at radius 3 is 2.48 bits per heavy atom. The number of halogens is 1. The predicted octanol–water partition coefficient (Wildman–Crippen LogP) is 2.72. The maximum atomic E-state index is 12.8. The Hall–Kier alpha value is -1.07. The van der Waals surface area contributed by atoms with Crippen molar-refractivity contribution < 1.29 is 4.79 Å². The molecule has 0 bridgehead atoms. The molecule has 1 aromatic heterocycles. The van der Waals surface area contributed by atoms with Gasteiger partial charge in [0.15, 0.2) is 0 Å². The third kappa shape index (κ3) is 4.37. The second kappa shape index (κ2) is 8.09. The standard InChI is InChI=1S/C19H32N4O.ClH/c1-14(2)12-23-16(4)17(15(3)21-23)11-18(24)22-9-6-19(7-10-22)5-8-20-13-19;/h14,20H,5-13H2,1-4H3;1H. The number of hydrogen-bond acceptors (Lipinski definition) is 3. The second-order valence-electron chi connectivity index (χ2n) is 8.21. The van der Waals surface area contributed by atoms with Gasteiger partial charge in [-0.05, 0) is 51.0 Å². The fraction of sp³-hybridized carbons (Fsp3) is 0.789. The molecule has 6 heteroatoms. The molecule has 1 spiro atoms. The summed E-state index contributed by atoms with van der Waals surface area (Å²) in [6.07, 6.45) is 4.07. The van der Waals surface area contributed by atoms with Gasteiger partial charge in [-0.25, -0.2) is 0 Å². The molecular weight excluding hydrogens is 336 g/mol. The van der Waals surface area contributed by atoms with E-state index < -0.39 is 0 Å². The first-order valence-corrected chi connectivity index (χ1v) is 9.42. The average molecular weight is 369 g/mol. The molecule has 2 fully saturated rings. The van der Waals surface area contributed by atoms with Gasteiger partial charge in [0.25, 0.3) is 0 Å². The SMILES string of the molecule is Cc1nn(CC(C)C)c(C)c1CC(=O)N1CCC2(CCNC2)CC1.Cl. The smallest absolute Gasteiger partial charge is 0.227 e. The van der Waals surface area contributed by atoms with Gasteiger partial charge in [0, 0.05) is 37.4 Å². The van der Waals surface area contributed by atoms with Crippen LogP contribution in [0.2, 0.25) is 0 Å². The molecule has 142 valence electrons. The van der Waals surface area contributed by atoms with Crippen molar-refractivity contribution in [3.05, 3.63) is 17.0 Å². The van der Waals surface area contributed by atoms with Crippen LogP contribution < -0.4 is 5.32 Å². The molecule has 1 aromatic rings. The van der Waals surface area contributed by atoms with Crippen molar-refractivity contribution >= 4 is 18.3 Å². The summed E-state index contributed by atoms with van der Waals surface area (Å²) < 4.78 is 2.07. The van der Waals surface area contributed by atoms with Crippen LogP contribution >= 0.6 is 12.4 Å². The van der Waals surface area contributed by atoms with Gasteiger partial charge in [-0.15, -0.1) is 12.4 Å². The lowest BCUT2D eigenvalue weighted by molar-refractivity contribution is -0.132. The molecule has 2 aliphatic rings. The number of rotatable bonds is 4. The van der Waals surface area contributed by atoms with Gasteiger partial charge in [0.05, 0.1) is 12.1 Å². The number of hydrogen-bond donors (Lipinski definition) is 1. The first-order chi connectivity index (χ1) is 11.4. The van der Waals surface area contributed by atoms with Gasteiger partial charge < -0.3 is 10.2 Å². The quantitative estimate of drug-likeness (QED) is 0.888. The molecule has 0 saturated carbocycles. The number of amides is 1. The first kappa shape index (κ1) is 20.2. The largest absolute Gasteiger partial charge is 0.342 e. The monoisotopic (exact) mass is 368 g/mol. The lowest BCUT2D eigenvalue weighted by atomic mass is 9.78. The zero-order valence-electron chi connectivity index (χ0n) is 16.1. The maximum Gasteiger partial charge on any atom is 0.227 e. The summed E-state index contributed by atoms with van der Waals surface area (Å²) in [5, 5.41) is 8.13. The number of aryl methyl sites for hydroxylation is 1. The molecule has 0 radical (unpaired) electrons. The topological polar surface area (TPSA) is 50.2 Å². The van der Waals surface area contributed by atoms with Gasteiger partial charge in [-0.2, -0.15) is 5.10 Å². The van der Waals surface area contributed by atoms with Crippen molar-refractivity contribution in [1.82, 2.24) is 20.0 Å². The van der Waals surface area contributed by atoms with Crippen LogP contribution in [0.1, 0.15) is 50.1 Å². The Balaban J connectivity index is 0.00000225. The van der Waals surface area contributed by atoms with Crippen LogP contribution in [0.4, 0.5) is 0 Å². The number of carbonyl (C=O) groups excluding carboxylic acids is 1. The third-order valence-electron chi connectivity index (χ3n) is 5.91. The van der Waals surface area contributed by atoms with Crippen molar-refractivity contribution in [2.75, 3.05) is 26.2 Å². The number of piperidine rings is 1. The Bertz CT molecular complexity index is 595. The van der Waals surface area contributed by atoms with E-state index in [-0.39, 0.29) is 18.3 Å². The Labute approximate surface area is 157 Å². The molecule has 25 heavy (non-hydrogen) atoms. The molecule has 0 atom stereocenters. The van der Waals surface area contributed by atoms with Crippen molar-refractivity contribution in [2.45, 2.75) is 59.9 Å². The minimum atomic E-state index is 0. The molecular formula is C19H33ClN4O. The van der Waals surface area contributed by atoms with E-state index in [1.807, 2.05) is 6.92 Å². The van der Waals surface area contributed by atoms with Crippen LogP contribution in [0.15, 0.2) is 0 Å². The number of nitrogens with one attached hydrogen (secondary N) is 1. The highest BCUT2D eigenvalue weighted by atomic mass is 35.5. The molecule has 2 saturated heterocycles. The second-order valence-corrected chi connectivity index (χ2v) is 8.21. The zero-order chi connectivity index (χ0) is 17.3. The maximum absolute atomic E-state index is 12.8. The number of aromatic nitrogens is 2. The zero-order valence-corrected chi connectivity index (χ0v) is 16.9. The minimum absolute atomic E-state index is 0. The molecule has 1 N–H and O–H groups in total. The normalized spacial score (nSPS) is 19.5. The molecule has 0 aliphatic carbocycles. The Kier molecular flexibility index (Phi) is 6.55. The summed E-state index contributed by atoms with van der Waals surface area (Å²) in [6, 6.07) is 0. The van der Waals surface area contributed by atoms with Crippen LogP contribution in [0.25, 0.3) is 0 Å². The number of nitrogens with zero attached hydrogens (tertiary/aromatic N) is 3. The third-order valence-corrected chi connectivity index (χ3v) is 5.91. The number of carbonyl (C=O) groups is 1. The van der Waals surface area contributed by atoms with E-state index in [9.17, 15) is 4.79 Å². The van der Waals surface area contributed by atoms with Crippen LogP contribution in [0, 0.1) is 25.2 Å². The molecule has 2 aliphatic heterocycles. The van der Waals surface area contributed by atoms with Crippen LogP contribution in [-0.2, 0) is 17.8 Å². The molecule has 0 aromatic carbocycles. The predicted molar refractivity (Wildman–Crippen MR) is 103 cm³/mol. The van der Waals surface area contributed by atoms with E-state index in [1.54, 1.807) is 0 Å². The van der Waals surface area contributed by atoms with Gasteiger partial charge in [0.1, 0.15) is 0 Å². The van der Waals surface area contributed by atoms with Gasteiger partial charge in [-0.3, -0.25) is 9.48 Å². The lowest BCUT2D eigenvalue weighted by Crippen LogP contribution is -2.44. The van der Waals surface area contributed by atoms with Gasteiger partial charge in [0.2, 0.25) is 5.91 Å². The lowest BCUT2D eigenvalue weighted by Gasteiger charge is -2.39. The van der Waals surface area contributed by atoms with Gasteiger partial charge >= 0.3 is 0 Å². The summed E-state index contributed by atoms with van der Waals surface area (Å²) in [4.78, 5) is 14.9. The highest BCUT2D eigenvalue weighted by Gasteiger charge is 2.38. The van der Waals surface area contributed by atoms with E-state index in [1.165, 1.54) is 6.42 Å². The van der Waals surface area contributed by atoms with E-state index in [4.69, 9.17) is 0 Å². The van der Waals surface area contributed by atoms with E-state index in [0.29, 0.717) is 17.8 Å². The number of likely N-dealkylation sites (tertiary alicyclic amines) is 1. The molecule has 5 nitrogen and oxygen atoms in total. The summed E-state index contributed by atoms with van der Waals surface area (Å²) in [6.45, 7) is 13.5. The average Bonchev–Trinajstić information content (AvgIpc) is 3.08. The fourth-order valence-electron chi connectivity index (χ4n) is 4.23. The van der Waals surface area contributed by atoms with E-state index >= 15 is 0 Å². The van der Waals surface area contributed by atoms with Crippen LogP contribution in [0.5, 0.6) is 0 Å². The summed E-state index contributed by atoms with van der Waals surface area (Å²) >= 11 is 0. The summed E-state index contributed by atoms with van der Waals surface area (Å²) in [5.74, 6) is 0.830. The van der Waals surface area contributed by atoms with E-state index in [2.05, 4.69) is 40.8 Å².